The van der Waals surface area contributed by atoms with E-state index >= 15 is 0 Å². The van der Waals surface area contributed by atoms with Crippen molar-refractivity contribution in [1.82, 2.24) is 10.2 Å². The highest BCUT2D eigenvalue weighted by Crippen LogP contribution is 2.20. The molecule has 0 aliphatic carbocycles. The quantitative estimate of drug-likeness (QED) is 0.682. The van der Waals surface area contributed by atoms with Gasteiger partial charge in [0.15, 0.2) is 0 Å². The zero-order valence-corrected chi connectivity index (χ0v) is 8.49. The molecule has 0 saturated carbocycles. The number of nitrogens with one attached hydrogen (secondary N) is 1. The minimum absolute atomic E-state index is 0.224. The van der Waals surface area contributed by atoms with E-state index in [9.17, 15) is 4.79 Å². The Morgan fingerprint density at radius 3 is 3.00 bits per heavy atom. The zero-order valence-electron chi connectivity index (χ0n) is 7.67. The van der Waals surface area contributed by atoms with Gasteiger partial charge in [-0.25, -0.2) is 0 Å². The molecule has 0 radical (unpaired) electrons. The Balaban J connectivity index is 2.33. The van der Waals surface area contributed by atoms with E-state index in [1.54, 1.807) is 11.8 Å². The minimum atomic E-state index is 0.224. The van der Waals surface area contributed by atoms with Crippen molar-refractivity contribution in [3.8, 4) is 0 Å². The fraction of sp³-hybridized carbons (Fsp3) is 0.875. The van der Waals surface area contributed by atoms with Gasteiger partial charge in [-0.1, -0.05) is 0 Å². The van der Waals surface area contributed by atoms with Gasteiger partial charge >= 0.3 is 0 Å². The maximum absolute atomic E-state index is 11.5. The molecule has 1 rings (SSSR count). The normalized spacial score (nSPS) is 23.7. The first-order chi connectivity index (χ1) is 5.79. The summed E-state index contributed by atoms with van der Waals surface area (Å²) in [5, 5.41) is 3.27. The van der Waals surface area contributed by atoms with Crippen LogP contribution in [0.4, 0.5) is 0 Å². The second kappa shape index (κ2) is 4.72. The summed E-state index contributed by atoms with van der Waals surface area (Å²) in [6.45, 7) is 2.69. The van der Waals surface area contributed by atoms with Crippen LogP contribution in [0.3, 0.4) is 0 Å². The third-order valence-electron chi connectivity index (χ3n) is 2.16. The molecule has 0 bridgehead atoms. The first kappa shape index (κ1) is 9.86. The number of carbonyl (C=O) groups excluding carboxylic acids is 1. The molecule has 1 N–H and O–H groups in total. The van der Waals surface area contributed by atoms with E-state index in [0.717, 1.165) is 26.1 Å². The highest BCUT2D eigenvalue weighted by Gasteiger charge is 2.29. The molecule has 1 fully saturated rings. The van der Waals surface area contributed by atoms with Gasteiger partial charge in [0, 0.05) is 19.6 Å². The number of hydrogen-bond donors (Lipinski definition) is 1. The maximum atomic E-state index is 11.5. The lowest BCUT2D eigenvalue weighted by Crippen LogP contribution is -2.33. The van der Waals surface area contributed by atoms with Gasteiger partial charge in [-0.05, 0) is 19.7 Å². The number of amides is 1. The van der Waals surface area contributed by atoms with Crippen molar-refractivity contribution < 1.29 is 4.79 Å². The lowest BCUT2D eigenvalue weighted by molar-refractivity contribution is -0.127. The van der Waals surface area contributed by atoms with Gasteiger partial charge in [0.2, 0.25) is 5.91 Å². The molecule has 1 saturated heterocycles. The van der Waals surface area contributed by atoms with Gasteiger partial charge in [0.25, 0.3) is 0 Å². The number of likely N-dealkylation sites (N-methyl/N-ethyl adjacent to an activating group) is 1. The zero-order chi connectivity index (χ0) is 8.97. The predicted octanol–water partition coefficient (Wildman–Crippen LogP) is 0.170. The van der Waals surface area contributed by atoms with Crippen LogP contribution in [0.15, 0.2) is 0 Å². The SMILES string of the molecule is CNCCN1CCC(SC)C1=O. The average Bonchev–Trinajstić information content (AvgIpc) is 2.43. The number of likely N-dealkylation sites (tertiary alicyclic amines) is 1. The summed E-state index contributed by atoms with van der Waals surface area (Å²) in [4.78, 5) is 13.5. The number of thioether (sulfide) groups is 1. The smallest absolute Gasteiger partial charge is 0.235 e. The van der Waals surface area contributed by atoms with Crippen LogP contribution in [-0.4, -0.2) is 49.0 Å². The van der Waals surface area contributed by atoms with Crippen molar-refractivity contribution in [2.75, 3.05) is 32.9 Å². The third kappa shape index (κ3) is 2.14. The Hall–Kier alpha value is -0.220. The van der Waals surface area contributed by atoms with E-state index in [2.05, 4.69) is 5.32 Å². The fourth-order valence-electron chi connectivity index (χ4n) is 1.40. The van der Waals surface area contributed by atoms with Crippen molar-refractivity contribution in [2.24, 2.45) is 0 Å². The highest BCUT2D eigenvalue weighted by atomic mass is 32.2. The molecule has 0 aromatic carbocycles. The predicted molar refractivity (Wildman–Crippen MR) is 52.4 cm³/mol. The van der Waals surface area contributed by atoms with Crippen molar-refractivity contribution >= 4 is 17.7 Å². The van der Waals surface area contributed by atoms with E-state index in [1.807, 2.05) is 18.2 Å². The summed E-state index contributed by atoms with van der Waals surface area (Å²) in [6, 6.07) is 0. The van der Waals surface area contributed by atoms with Crippen molar-refractivity contribution in [3.05, 3.63) is 0 Å². The average molecular weight is 188 g/mol. The number of hydrogen-bond acceptors (Lipinski definition) is 3. The minimum Gasteiger partial charge on any atom is -0.340 e. The van der Waals surface area contributed by atoms with Gasteiger partial charge < -0.3 is 10.2 Å². The molecule has 1 heterocycles. The lowest BCUT2D eigenvalue weighted by atomic mass is 10.4. The van der Waals surface area contributed by atoms with E-state index in [0.29, 0.717) is 5.91 Å². The maximum Gasteiger partial charge on any atom is 0.235 e. The molecule has 4 heteroatoms. The van der Waals surface area contributed by atoms with Crippen molar-refractivity contribution in [2.45, 2.75) is 11.7 Å². The first-order valence-electron chi connectivity index (χ1n) is 4.25. The summed E-state index contributed by atoms with van der Waals surface area (Å²) in [7, 11) is 1.91. The fourth-order valence-corrected chi connectivity index (χ4v) is 2.09. The Kier molecular flexibility index (Phi) is 3.88. The Morgan fingerprint density at radius 2 is 2.50 bits per heavy atom. The van der Waals surface area contributed by atoms with Crippen LogP contribution in [0.1, 0.15) is 6.42 Å². The summed E-state index contributed by atoms with van der Waals surface area (Å²) < 4.78 is 0. The molecule has 3 nitrogen and oxygen atoms in total. The van der Waals surface area contributed by atoms with Crippen molar-refractivity contribution in [1.29, 1.82) is 0 Å². The molecule has 12 heavy (non-hydrogen) atoms. The Bertz CT molecular complexity index is 163. The van der Waals surface area contributed by atoms with Crippen molar-refractivity contribution in [3.63, 3.8) is 0 Å². The molecule has 1 aliphatic rings. The second-order valence-corrected chi connectivity index (χ2v) is 3.98. The molecule has 1 unspecified atom stereocenters. The van der Waals surface area contributed by atoms with Crippen LogP contribution in [0.5, 0.6) is 0 Å². The Labute approximate surface area is 77.9 Å². The second-order valence-electron chi connectivity index (χ2n) is 2.94. The van der Waals surface area contributed by atoms with Crippen LogP contribution in [-0.2, 0) is 4.79 Å². The standard InChI is InChI=1S/C8H16N2OS/c1-9-4-6-10-5-3-7(12-2)8(10)11/h7,9H,3-6H2,1-2H3. The molecule has 1 amide bonds. The largest absolute Gasteiger partial charge is 0.340 e. The van der Waals surface area contributed by atoms with E-state index in [1.165, 1.54) is 0 Å². The van der Waals surface area contributed by atoms with E-state index < -0.39 is 0 Å². The van der Waals surface area contributed by atoms with Crippen LogP contribution >= 0.6 is 11.8 Å². The summed E-state index contributed by atoms with van der Waals surface area (Å²) in [6.07, 6.45) is 3.02. The first-order valence-corrected chi connectivity index (χ1v) is 5.54. The molecule has 70 valence electrons. The molecule has 0 spiro atoms. The van der Waals surface area contributed by atoms with Gasteiger partial charge in [-0.15, -0.1) is 0 Å². The highest BCUT2D eigenvalue weighted by molar-refractivity contribution is 7.99. The van der Waals surface area contributed by atoms with Gasteiger partial charge in [0.05, 0.1) is 5.25 Å². The monoisotopic (exact) mass is 188 g/mol. The van der Waals surface area contributed by atoms with Gasteiger partial charge in [0.1, 0.15) is 0 Å². The Morgan fingerprint density at radius 1 is 1.75 bits per heavy atom. The summed E-state index contributed by atoms with van der Waals surface area (Å²) >= 11 is 1.67. The van der Waals surface area contributed by atoms with Crippen LogP contribution < -0.4 is 5.32 Å². The van der Waals surface area contributed by atoms with Crippen LogP contribution in [0, 0.1) is 0 Å². The van der Waals surface area contributed by atoms with E-state index in [4.69, 9.17) is 0 Å². The molecular weight excluding hydrogens is 172 g/mol. The third-order valence-corrected chi connectivity index (χ3v) is 3.17. The summed E-state index contributed by atoms with van der Waals surface area (Å²) in [5.41, 5.74) is 0. The molecule has 1 atom stereocenters. The molecular formula is C8H16N2OS. The topological polar surface area (TPSA) is 32.3 Å². The number of carbonyl (C=O) groups is 1. The number of nitrogens with zero attached hydrogens (tertiary/aromatic N) is 1. The molecule has 1 aliphatic heterocycles. The molecule has 0 aromatic rings. The van der Waals surface area contributed by atoms with Crippen LogP contribution in [0.25, 0.3) is 0 Å². The summed E-state index contributed by atoms with van der Waals surface area (Å²) in [5.74, 6) is 0.317. The van der Waals surface area contributed by atoms with Gasteiger partial charge in [-0.2, -0.15) is 11.8 Å². The number of rotatable bonds is 4. The van der Waals surface area contributed by atoms with Crippen LogP contribution in [0.2, 0.25) is 0 Å². The lowest BCUT2D eigenvalue weighted by Gasteiger charge is -2.15. The van der Waals surface area contributed by atoms with E-state index in [-0.39, 0.29) is 5.25 Å². The molecule has 0 aromatic heterocycles. The van der Waals surface area contributed by atoms with Gasteiger partial charge in [-0.3, -0.25) is 4.79 Å².